The van der Waals surface area contributed by atoms with Gasteiger partial charge in [-0.05, 0) is 43.4 Å². The fourth-order valence-corrected chi connectivity index (χ4v) is 4.45. The molecule has 3 N–H and O–H groups in total. The average Bonchev–Trinajstić information content (AvgIpc) is 2.88. The smallest absolute Gasteiger partial charge is 0.407 e. The molecule has 0 bridgehead atoms. The molecule has 3 aliphatic rings. The summed E-state index contributed by atoms with van der Waals surface area (Å²) in [5.41, 5.74) is 6.63. The number of hydrogen-bond acceptors (Lipinski definition) is 2. The molecule has 3 rings (SSSR count). The number of fused-ring (bicyclic) bond motifs is 1. The van der Waals surface area contributed by atoms with E-state index in [2.05, 4.69) is 0 Å². The van der Waals surface area contributed by atoms with E-state index in [-0.39, 0.29) is 5.54 Å². The molecule has 2 atom stereocenters. The van der Waals surface area contributed by atoms with Crippen LogP contribution in [-0.2, 0) is 0 Å². The highest BCUT2D eigenvalue weighted by molar-refractivity contribution is 5.65. The lowest BCUT2D eigenvalue weighted by Gasteiger charge is -2.33. The van der Waals surface area contributed by atoms with E-state index in [1.54, 1.807) is 4.90 Å². The van der Waals surface area contributed by atoms with E-state index in [1.165, 1.54) is 25.7 Å². The number of nitrogens with two attached hydrogens (primary N) is 1. The topological polar surface area (TPSA) is 66.6 Å². The second kappa shape index (κ2) is 3.87. The van der Waals surface area contributed by atoms with E-state index in [1.807, 2.05) is 0 Å². The van der Waals surface area contributed by atoms with Gasteiger partial charge in [0.2, 0.25) is 0 Å². The first-order valence-corrected chi connectivity index (χ1v) is 6.85. The summed E-state index contributed by atoms with van der Waals surface area (Å²) in [6, 6.07) is 0. The van der Waals surface area contributed by atoms with Crippen LogP contribution in [0, 0.1) is 17.8 Å². The number of nitrogens with zero attached hydrogens (tertiary/aromatic N) is 1. The molecular weight excluding hydrogens is 216 g/mol. The standard InChI is InChI=1S/C13H22N2O2/c14-13(11-3-1-2-4-11)5-9-7-15(12(16)17)8-10(9)6-13/h9-11H,1-8,14H2,(H,16,17). The van der Waals surface area contributed by atoms with E-state index in [9.17, 15) is 4.79 Å². The first kappa shape index (κ1) is 11.3. The van der Waals surface area contributed by atoms with Crippen LogP contribution in [0.5, 0.6) is 0 Å². The van der Waals surface area contributed by atoms with Crippen molar-refractivity contribution in [1.29, 1.82) is 0 Å². The molecule has 4 heteroatoms. The maximum Gasteiger partial charge on any atom is 0.407 e. The van der Waals surface area contributed by atoms with Crippen LogP contribution in [0.15, 0.2) is 0 Å². The Morgan fingerprint density at radius 1 is 1.18 bits per heavy atom. The minimum absolute atomic E-state index is 0.0242. The first-order chi connectivity index (χ1) is 8.08. The fraction of sp³-hybridized carbons (Fsp3) is 0.923. The highest BCUT2D eigenvalue weighted by Gasteiger charge is 2.51. The molecule has 4 nitrogen and oxygen atoms in total. The zero-order chi connectivity index (χ0) is 12.0. The molecule has 3 fully saturated rings. The Morgan fingerprint density at radius 3 is 2.18 bits per heavy atom. The summed E-state index contributed by atoms with van der Waals surface area (Å²) in [7, 11) is 0. The average molecular weight is 238 g/mol. The molecule has 2 unspecified atom stereocenters. The van der Waals surface area contributed by atoms with Gasteiger partial charge in [-0.2, -0.15) is 0 Å². The number of carbonyl (C=O) groups is 1. The molecule has 1 heterocycles. The normalized spacial score (nSPS) is 42.1. The molecule has 1 saturated heterocycles. The number of amides is 1. The lowest BCUT2D eigenvalue weighted by Crippen LogP contribution is -2.45. The summed E-state index contributed by atoms with van der Waals surface area (Å²) in [5, 5.41) is 9.00. The van der Waals surface area contributed by atoms with Crippen molar-refractivity contribution in [3.8, 4) is 0 Å². The van der Waals surface area contributed by atoms with Crippen LogP contribution in [0.3, 0.4) is 0 Å². The van der Waals surface area contributed by atoms with Crippen molar-refractivity contribution >= 4 is 6.09 Å². The third kappa shape index (κ3) is 1.82. The predicted octanol–water partition coefficient (Wildman–Crippen LogP) is 1.89. The second-order valence-corrected chi connectivity index (χ2v) is 6.33. The maximum atomic E-state index is 10.9. The number of carboxylic acid groups (broad SMARTS) is 1. The minimum atomic E-state index is -0.761. The summed E-state index contributed by atoms with van der Waals surface area (Å²) in [6.45, 7) is 1.43. The van der Waals surface area contributed by atoms with Gasteiger partial charge in [0.25, 0.3) is 0 Å². The number of rotatable bonds is 1. The van der Waals surface area contributed by atoms with Gasteiger partial charge in [0.15, 0.2) is 0 Å². The van der Waals surface area contributed by atoms with E-state index < -0.39 is 6.09 Å². The number of hydrogen-bond donors (Lipinski definition) is 2. The molecule has 0 aromatic rings. The Hall–Kier alpha value is -0.770. The SMILES string of the molecule is NC1(C2CCCC2)CC2CN(C(=O)O)CC2C1. The van der Waals surface area contributed by atoms with Gasteiger partial charge < -0.3 is 15.7 Å². The van der Waals surface area contributed by atoms with Crippen LogP contribution < -0.4 is 5.73 Å². The van der Waals surface area contributed by atoms with E-state index in [0.29, 0.717) is 30.8 Å². The van der Waals surface area contributed by atoms with Crippen LogP contribution >= 0.6 is 0 Å². The van der Waals surface area contributed by atoms with Crippen molar-refractivity contribution in [3.63, 3.8) is 0 Å². The Labute approximate surface area is 102 Å². The van der Waals surface area contributed by atoms with Crippen molar-refractivity contribution in [3.05, 3.63) is 0 Å². The lowest BCUT2D eigenvalue weighted by molar-refractivity contribution is 0.148. The molecule has 2 aliphatic carbocycles. The summed E-state index contributed by atoms with van der Waals surface area (Å²) in [6.07, 6.45) is 6.58. The van der Waals surface area contributed by atoms with Gasteiger partial charge in [-0.15, -0.1) is 0 Å². The number of likely N-dealkylation sites (tertiary alicyclic amines) is 1. The third-order valence-electron chi connectivity index (χ3n) is 5.30. The Morgan fingerprint density at radius 2 is 1.71 bits per heavy atom. The van der Waals surface area contributed by atoms with Crippen LogP contribution in [-0.4, -0.2) is 34.7 Å². The van der Waals surface area contributed by atoms with E-state index in [4.69, 9.17) is 10.8 Å². The van der Waals surface area contributed by atoms with Gasteiger partial charge in [0, 0.05) is 18.6 Å². The zero-order valence-corrected chi connectivity index (χ0v) is 10.3. The summed E-state index contributed by atoms with van der Waals surface area (Å²) in [4.78, 5) is 12.5. The van der Waals surface area contributed by atoms with Gasteiger partial charge in [-0.1, -0.05) is 12.8 Å². The zero-order valence-electron chi connectivity index (χ0n) is 10.3. The van der Waals surface area contributed by atoms with Crippen molar-refractivity contribution in [2.24, 2.45) is 23.5 Å². The van der Waals surface area contributed by atoms with Crippen molar-refractivity contribution < 1.29 is 9.90 Å². The molecular formula is C13H22N2O2. The minimum Gasteiger partial charge on any atom is -0.465 e. The molecule has 0 aromatic carbocycles. The van der Waals surface area contributed by atoms with E-state index in [0.717, 1.165) is 12.8 Å². The molecule has 96 valence electrons. The van der Waals surface area contributed by atoms with Crippen LogP contribution in [0.25, 0.3) is 0 Å². The fourth-order valence-electron chi connectivity index (χ4n) is 4.45. The second-order valence-electron chi connectivity index (χ2n) is 6.33. The Bertz CT molecular complexity index is 311. The Balaban J connectivity index is 1.66. The highest BCUT2D eigenvalue weighted by atomic mass is 16.4. The molecule has 2 saturated carbocycles. The molecule has 0 spiro atoms. The van der Waals surface area contributed by atoms with Crippen LogP contribution in [0.1, 0.15) is 38.5 Å². The van der Waals surface area contributed by atoms with Gasteiger partial charge >= 0.3 is 6.09 Å². The predicted molar refractivity (Wildman–Crippen MR) is 64.7 cm³/mol. The monoisotopic (exact) mass is 238 g/mol. The molecule has 0 radical (unpaired) electrons. The molecule has 0 aromatic heterocycles. The lowest BCUT2D eigenvalue weighted by atomic mass is 9.81. The van der Waals surface area contributed by atoms with Crippen LogP contribution in [0.4, 0.5) is 4.79 Å². The van der Waals surface area contributed by atoms with Gasteiger partial charge in [-0.25, -0.2) is 4.79 Å². The maximum absolute atomic E-state index is 10.9. The Kier molecular flexibility index (Phi) is 2.58. The van der Waals surface area contributed by atoms with Gasteiger partial charge in [0.05, 0.1) is 0 Å². The summed E-state index contributed by atoms with van der Waals surface area (Å²) < 4.78 is 0. The van der Waals surface area contributed by atoms with Crippen molar-refractivity contribution in [2.45, 2.75) is 44.1 Å². The van der Waals surface area contributed by atoms with Gasteiger partial charge in [-0.3, -0.25) is 0 Å². The van der Waals surface area contributed by atoms with E-state index >= 15 is 0 Å². The van der Waals surface area contributed by atoms with Gasteiger partial charge in [0.1, 0.15) is 0 Å². The van der Waals surface area contributed by atoms with Crippen molar-refractivity contribution in [1.82, 2.24) is 4.90 Å². The molecule has 1 amide bonds. The van der Waals surface area contributed by atoms with Crippen LogP contribution in [0.2, 0.25) is 0 Å². The van der Waals surface area contributed by atoms with Crippen molar-refractivity contribution in [2.75, 3.05) is 13.1 Å². The first-order valence-electron chi connectivity index (χ1n) is 6.85. The highest BCUT2D eigenvalue weighted by Crippen LogP contribution is 2.49. The molecule has 17 heavy (non-hydrogen) atoms. The summed E-state index contributed by atoms with van der Waals surface area (Å²) >= 11 is 0. The quantitative estimate of drug-likeness (QED) is 0.733. The largest absolute Gasteiger partial charge is 0.465 e. The third-order valence-corrected chi connectivity index (χ3v) is 5.30. The summed E-state index contributed by atoms with van der Waals surface area (Å²) in [5.74, 6) is 1.75. The molecule has 1 aliphatic heterocycles.